The molecule has 0 spiro atoms. The first-order valence-electron chi connectivity index (χ1n) is 12.0. The van der Waals surface area contributed by atoms with Gasteiger partial charge in [0, 0.05) is 44.1 Å². The zero-order valence-electron chi connectivity index (χ0n) is 21.0. The van der Waals surface area contributed by atoms with Crippen LogP contribution in [0, 0.1) is 13.8 Å². The predicted octanol–water partition coefficient (Wildman–Crippen LogP) is 3.54. The molecule has 2 aromatic heterocycles. The van der Waals surface area contributed by atoms with Gasteiger partial charge in [-0.1, -0.05) is 12.1 Å². The Morgan fingerprint density at radius 1 is 0.972 bits per heavy atom. The van der Waals surface area contributed by atoms with Gasteiger partial charge in [-0.05, 0) is 69.4 Å². The van der Waals surface area contributed by atoms with E-state index in [9.17, 15) is 13.2 Å². The third kappa shape index (κ3) is 5.81. The first-order chi connectivity index (χ1) is 17.1. The van der Waals surface area contributed by atoms with E-state index in [1.165, 1.54) is 18.3 Å². The SMILES string of the molecule is Cc1cccc(S(=O)(=O)c2ncccc2C(=O)NC2CCC(Nc3nc(C)cc(N(C)C)n3)CC2)c1. The van der Waals surface area contributed by atoms with E-state index in [4.69, 9.17) is 0 Å². The molecule has 10 heteroatoms. The summed E-state index contributed by atoms with van der Waals surface area (Å²) >= 11 is 0. The van der Waals surface area contributed by atoms with Crippen molar-refractivity contribution in [1.82, 2.24) is 20.3 Å². The van der Waals surface area contributed by atoms with Gasteiger partial charge in [-0.3, -0.25) is 4.79 Å². The van der Waals surface area contributed by atoms with Crippen molar-refractivity contribution in [2.75, 3.05) is 24.3 Å². The van der Waals surface area contributed by atoms with Gasteiger partial charge < -0.3 is 15.5 Å². The molecule has 0 unspecified atom stereocenters. The lowest BCUT2D eigenvalue weighted by Gasteiger charge is -2.30. The quantitative estimate of drug-likeness (QED) is 0.498. The molecule has 1 amide bonds. The van der Waals surface area contributed by atoms with Gasteiger partial charge in [0.25, 0.3) is 5.91 Å². The Morgan fingerprint density at radius 2 is 1.69 bits per heavy atom. The molecule has 0 saturated heterocycles. The number of aryl methyl sites for hydroxylation is 2. The van der Waals surface area contributed by atoms with Crippen LogP contribution in [0.2, 0.25) is 0 Å². The molecule has 36 heavy (non-hydrogen) atoms. The maximum atomic E-state index is 13.2. The molecule has 1 aromatic carbocycles. The lowest BCUT2D eigenvalue weighted by Crippen LogP contribution is -2.40. The summed E-state index contributed by atoms with van der Waals surface area (Å²) in [6.45, 7) is 3.76. The maximum Gasteiger partial charge on any atom is 0.254 e. The Morgan fingerprint density at radius 3 is 2.39 bits per heavy atom. The van der Waals surface area contributed by atoms with Gasteiger partial charge in [0.1, 0.15) is 5.82 Å². The Hall–Kier alpha value is -3.53. The molecule has 0 bridgehead atoms. The van der Waals surface area contributed by atoms with Gasteiger partial charge in [-0.15, -0.1) is 0 Å². The minimum Gasteiger partial charge on any atom is -0.363 e. The van der Waals surface area contributed by atoms with E-state index in [-0.39, 0.29) is 27.6 Å². The molecule has 0 radical (unpaired) electrons. The second-order valence-electron chi connectivity index (χ2n) is 9.43. The van der Waals surface area contributed by atoms with Crippen molar-refractivity contribution >= 4 is 27.5 Å². The number of nitrogens with one attached hydrogen (secondary N) is 2. The van der Waals surface area contributed by atoms with E-state index < -0.39 is 15.7 Å². The molecule has 0 atom stereocenters. The van der Waals surface area contributed by atoms with Gasteiger partial charge >= 0.3 is 0 Å². The summed E-state index contributed by atoms with van der Waals surface area (Å²) in [6.07, 6.45) is 4.58. The molecular formula is C26H32N6O3S. The fourth-order valence-corrected chi connectivity index (χ4v) is 5.82. The second kappa shape index (κ2) is 10.6. The standard InChI is InChI=1S/C26H32N6O3S/c1-17-7-5-8-21(15-17)36(34,35)25-22(9-6-14-27-25)24(33)29-19-10-12-20(13-11-19)30-26-28-18(2)16-23(31-26)32(3)4/h5-9,14-16,19-20H,10-13H2,1-4H3,(H,29,33)(H,28,30,31). The minimum absolute atomic E-state index is 0.0546. The van der Waals surface area contributed by atoms with Crippen LogP contribution in [0.3, 0.4) is 0 Å². The number of hydrogen-bond acceptors (Lipinski definition) is 8. The smallest absolute Gasteiger partial charge is 0.254 e. The van der Waals surface area contributed by atoms with Crippen LogP contribution in [-0.4, -0.2) is 55.5 Å². The van der Waals surface area contributed by atoms with Crippen molar-refractivity contribution in [3.05, 3.63) is 65.5 Å². The van der Waals surface area contributed by atoms with Gasteiger partial charge in [-0.2, -0.15) is 4.98 Å². The van der Waals surface area contributed by atoms with Crippen molar-refractivity contribution in [2.24, 2.45) is 0 Å². The fourth-order valence-electron chi connectivity index (χ4n) is 4.35. The van der Waals surface area contributed by atoms with E-state index in [0.717, 1.165) is 42.8 Å². The summed E-state index contributed by atoms with van der Waals surface area (Å²) in [7, 11) is -0.0465. The highest BCUT2D eigenvalue weighted by molar-refractivity contribution is 7.91. The third-order valence-corrected chi connectivity index (χ3v) is 7.97. The summed E-state index contributed by atoms with van der Waals surface area (Å²) in [5, 5.41) is 6.22. The number of pyridine rings is 1. The number of anilines is 2. The summed E-state index contributed by atoms with van der Waals surface area (Å²) in [4.78, 5) is 28.3. The highest BCUT2D eigenvalue weighted by Crippen LogP contribution is 2.25. The highest BCUT2D eigenvalue weighted by Gasteiger charge is 2.28. The molecule has 3 aromatic rings. The largest absolute Gasteiger partial charge is 0.363 e. The lowest BCUT2D eigenvalue weighted by molar-refractivity contribution is 0.0922. The second-order valence-corrected chi connectivity index (χ2v) is 11.3. The van der Waals surface area contributed by atoms with Gasteiger partial charge in [0.05, 0.1) is 10.5 Å². The molecule has 9 nitrogen and oxygen atoms in total. The highest BCUT2D eigenvalue weighted by atomic mass is 32.2. The van der Waals surface area contributed by atoms with Crippen LogP contribution < -0.4 is 15.5 Å². The Bertz CT molecular complexity index is 1350. The number of rotatable bonds is 7. The number of benzene rings is 1. The van der Waals surface area contributed by atoms with E-state index >= 15 is 0 Å². The van der Waals surface area contributed by atoms with Gasteiger partial charge in [0.2, 0.25) is 15.8 Å². The van der Waals surface area contributed by atoms with Crippen molar-refractivity contribution in [2.45, 2.75) is 61.5 Å². The van der Waals surface area contributed by atoms with Crippen LogP contribution >= 0.6 is 0 Å². The van der Waals surface area contributed by atoms with E-state index in [0.29, 0.717) is 5.95 Å². The van der Waals surface area contributed by atoms with Crippen molar-refractivity contribution in [1.29, 1.82) is 0 Å². The molecule has 4 rings (SSSR count). The normalized spacial score (nSPS) is 17.9. The summed E-state index contributed by atoms with van der Waals surface area (Å²) in [5.41, 5.74) is 1.77. The molecule has 190 valence electrons. The first-order valence-corrected chi connectivity index (χ1v) is 13.5. The number of nitrogens with zero attached hydrogens (tertiary/aromatic N) is 4. The number of hydrogen-bond donors (Lipinski definition) is 2. The van der Waals surface area contributed by atoms with Gasteiger partial charge in [-0.25, -0.2) is 18.4 Å². The van der Waals surface area contributed by atoms with Crippen LogP contribution in [0.5, 0.6) is 0 Å². The molecule has 1 aliphatic rings. The van der Waals surface area contributed by atoms with Crippen LogP contribution in [0.1, 0.15) is 47.3 Å². The van der Waals surface area contributed by atoms with Crippen LogP contribution in [0.25, 0.3) is 0 Å². The van der Waals surface area contributed by atoms with Crippen LogP contribution in [0.15, 0.2) is 58.6 Å². The molecule has 1 saturated carbocycles. The topological polar surface area (TPSA) is 117 Å². The number of carbonyl (C=O) groups is 1. The number of amides is 1. The van der Waals surface area contributed by atoms with Crippen LogP contribution in [0.4, 0.5) is 11.8 Å². The van der Waals surface area contributed by atoms with Crippen molar-refractivity contribution in [3.8, 4) is 0 Å². The maximum absolute atomic E-state index is 13.2. The zero-order chi connectivity index (χ0) is 25.9. The Kier molecular flexibility index (Phi) is 7.53. The van der Waals surface area contributed by atoms with E-state index in [1.54, 1.807) is 18.2 Å². The summed E-state index contributed by atoms with van der Waals surface area (Å²) in [6, 6.07) is 11.8. The Labute approximate surface area is 212 Å². The van der Waals surface area contributed by atoms with Crippen LogP contribution in [-0.2, 0) is 9.84 Å². The lowest BCUT2D eigenvalue weighted by atomic mass is 9.91. The predicted molar refractivity (Wildman–Crippen MR) is 139 cm³/mol. The molecule has 0 aliphatic heterocycles. The van der Waals surface area contributed by atoms with Crippen molar-refractivity contribution in [3.63, 3.8) is 0 Å². The Balaban J connectivity index is 1.41. The average Bonchev–Trinajstić information content (AvgIpc) is 2.85. The van der Waals surface area contributed by atoms with E-state index in [2.05, 4.69) is 25.6 Å². The molecule has 1 aliphatic carbocycles. The zero-order valence-corrected chi connectivity index (χ0v) is 21.8. The molecular weight excluding hydrogens is 476 g/mol. The number of carbonyl (C=O) groups excluding carboxylic acids is 1. The summed E-state index contributed by atoms with van der Waals surface area (Å²) < 4.78 is 26.5. The number of sulfone groups is 1. The monoisotopic (exact) mass is 508 g/mol. The fraction of sp³-hybridized carbons (Fsp3) is 0.385. The number of aromatic nitrogens is 3. The molecule has 2 N–H and O–H groups in total. The van der Waals surface area contributed by atoms with E-state index in [1.807, 2.05) is 45.0 Å². The first kappa shape index (κ1) is 25.6. The third-order valence-electron chi connectivity index (χ3n) is 6.26. The minimum atomic E-state index is -3.93. The van der Waals surface area contributed by atoms with Crippen molar-refractivity contribution < 1.29 is 13.2 Å². The summed E-state index contributed by atoms with van der Waals surface area (Å²) in [5.74, 6) is 1.02. The molecule has 1 fully saturated rings. The average molecular weight is 509 g/mol. The van der Waals surface area contributed by atoms with Gasteiger partial charge in [0.15, 0.2) is 5.03 Å². The molecule has 2 heterocycles.